The highest BCUT2D eigenvalue weighted by molar-refractivity contribution is 5.94. The Morgan fingerprint density at radius 3 is 2.36 bits per heavy atom. The van der Waals surface area contributed by atoms with Gasteiger partial charge >= 0.3 is 6.61 Å². The Balaban J connectivity index is 2.56. The molecule has 22 heavy (non-hydrogen) atoms. The van der Waals surface area contributed by atoms with E-state index in [0.717, 1.165) is 0 Å². The maximum absolute atomic E-state index is 12.3. The van der Waals surface area contributed by atoms with Gasteiger partial charge < -0.3 is 20.1 Å². The fourth-order valence-corrected chi connectivity index (χ4v) is 2.02. The second kappa shape index (κ2) is 9.32. The molecule has 2 N–H and O–H groups in total. The van der Waals surface area contributed by atoms with E-state index in [4.69, 9.17) is 4.74 Å². The van der Waals surface area contributed by atoms with Crippen molar-refractivity contribution < 1.29 is 23.0 Å². The van der Waals surface area contributed by atoms with Gasteiger partial charge in [0.1, 0.15) is 5.75 Å². The number of rotatable bonds is 9. The molecule has 0 unspecified atom stereocenters. The van der Waals surface area contributed by atoms with Crippen LogP contribution in [-0.4, -0.2) is 45.9 Å². The minimum atomic E-state index is -2.88. The molecule has 0 saturated carbocycles. The average Bonchev–Trinajstić information content (AvgIpc) is 2.45. The van der Waals surface area contributed by atoms with Crippen molar-refractivity contribution in [1.29, 1.82) is 0 Å². The number of aryl methyl sites for hydroxylation is 2. The third kappa shape index (κ3) is 5.95. The molecule has 1 amide bonds. The molecule has 0 fully saturated rings. The van der Waals surface area contributed by atoms with Crippen molar-refractivity contribution >= 4 is 5.91 Å². The van der Waals surface area contributed by atoms with Gasteiger partial charge in [0.25, 0.3) is 5.91 Å². The molecule has 7 heteroatoms. The van der Waals surface area contributed by atoms with Gasteiger partial charge in [-0.3, -0.25) is 4.79 Å². The minimum absolute atomic E-state index is 0.118. The van der Waals surface area contributed by atoms with Gasteiger partial charge in [-0.25, -0.2) is 0 Å². The van der Waals surface area contributed by atoms with E-state index in [-0.39, 0.29) is 11.7 Å². The number of carbonyl (C=O) groups is 1. The van der Waals surface area contributed by atoms with Crippen LogP contribution in [0, 0.1) is 13.8 Å². The summed E-state index contributed by atoms with van der Waals surface area (Å²) in [5.41, 5.74) is 1.43. The van der Waals surface area contributed by atoms with E-state index in [1.807, 2.05) is 0 Å². The standard InChI is InChI=1S/C15H22F2N2O3/c1-10-8-12(9-11(2)13(10)22-15(16)17)14(20)19-5-4-18-6-7-21-3/h8-9,15,18H,4-7H2,1-3H3,(H,19,20). The van der Waals surface area contributed by atoms with Crippen LogP contribution in [0.3, 0.4) is 0 Å². The van der Waals surface area contributed by atoms with Crippen LogP contribution in [0.1, 0.15) is 21.5 Å². The topological polar surface area (TPSA) is 59.6 Å². The highest BCUT2D eigenvalue weighted by atomic mass is 19.3. The van der Waals surface area contributed by atoms with E-state index >= 15 is 0 Å². The Morgan fingerprint density at radius 2 is 1.82 bits per heavy atom. The second-order valence-corrected chi connectivity index (χ2v) is 4.82. The van der Waals surface area contributed by atoms with Crippen molar-refractivity contribution in [3.05, 3.63) is 28.8 Å². The molecule has 0 atom stereocenters. The average molecular weight is 316 g/mol. The Kier molecular flexibility index (Phi) is 7.76. The van der Waals surface area contributed by atoms with E-state index in [1.54, 1.807) is 33.1 Å². The summed E-state index contributed by atoms with van der Waals surface area (Å²) >= 11 is 0. The summed E-state index contributed by atoms with van der Waals surface area (Å²) in [6.45, 7) is 2.80. The Hall–Kier alpha value is -1.73. The van der Waals surface area contributed by atoms with Gasteiger partial charge in [0.2, 0.25) is 0 Å². The quantitative estimate of drug-likeness (QED) is 0.683. The van der Waals surface area contributed by atoms with Crippen LogP contribution in [0.2, 0.25) is 0 Å². The number of methoxy groups -OCH3 is 1. The highest BCUT2D eigenvalue weighted by Gasteiger charge is 2.14. The van der Waals surface area contributed by atoms with E-state index < -0.39 is 6.61 Å². The molecule has 0 aromatic heterocycles. The number of carbonyl (C=O) groups excluding carboxylic acids is 1. The van der Waals surface area contributed by atoms with Gasteiger partial charge in [-0.1, -0.05) is 0 Å². The van der Waals surface area contributed by atoms with Gasteiger partial charge in [-0.15, -0.1) is 0 Å². The van der Waals surface area contributed by atoms with Crippen LogP contribution in [0.25, 0.3) is 0 Å². The molecule has 0 aliphatic carbocycles. The summed E-state index contributed by atoms with van der Waals surface area (Å²) in [7, 11) is 1.62. The van der Waals surface area contributed by atoms with Crippen molar-refractivity contribution in [2.45, 2.75) is 20.5 Å². The first kappa shape index (κ1) is 18.3. The summed E-state index contributed by atoms with van der Waals surface area (Å²) in [6.07, 6.45) is 0. The molecule has 0 aliphatic rings. The Labute approximate surface area is 129 Å². The van der Waals surface area contributed by atoms with Crippen LogP contribution < -0.4 is 15.4 Å². The summed E-state index contributed by atoms with van der Waals surface area (Å²) in [5, 5.41) is 5.86. The molecule has 0 spiro atoms. The number of hydrogen-bond acceptors (Lipinski definition) is 4. The molecule has 1 rings (SSSR count). The first-order chi connectivity index (χ1) is 10.5. The first-order valence-electron chi connectivity index (χ1n) is 6.99. The lowest BCUT2D eigenvalue weighted by atomic mass is 10.1. The number of halogens is 2. The van der Waals surface area contributed by atoms with E-state index in [0.29, 0.717) is 42.9 Å². The molecule has 0 saturated heterocycles. The molecule has 1 aromatic rings. The predicted molar refractivity (Wildman–Crippen MR) is 79.6 cm³/mol. The van der Waals surface area contributed by atoms with Gasteiger partial charge in [0.15, 0.2) is 0 Å². The van der Waals surface area contributed by atoms with Crippen LogP contribution in [-0.2, 0) is 4.74 Å². The second-order valence-electron chi connectivity index (χ2n) is 4.82. The maximum atomic E-state index is 12.3. The van der Waals surface area contributed by atoms with Gasteiger partial charge in [-0.05, 0) is 37.1 Å². The number of alkyl halides is 2. The zero-order chi connectivity index (χ0) is 16.5. The molecule has 5 nitrogen and oxygen atoms in total. The molecule has 0 heterocycles. The Bertz CT molecular complexity index is 473. The summed E-state index contributed by atoms with van der Waals surface area (Å²) in [4.78, 5) is 12.0. The number of nitrogens with one attached hydrogen (secondary N) is 2. The number of benzene rings is 1. The van der Waals surface area contributed by atoms with Crippen molar-refractivity contribution in [2.24, 2.45) is 0 Å². The van der Waals surface area contributed by atoms with Gasteiger partial charge in [-0.2, -0.15) is 8.78 Å². The van der Waals surface area contributed by atoms with Crippen LogP contribution in [0.15, 0.2) is 12.1 Å². The molecule has 0 radical (unpaired) electrons. The largest absolute Gasteiger partial charge is 0.434 e. The third-order valence-electron chi connectivity index (χ3n) is 3.00. The predicted octanol–water partition coefficient (Wildman–Crippen LogP) is 1.87. The summed E-state index contributed by atoms with van der Waals surface area (Å²) in [6, 6.07) is 3.08. The van der Waals surface area contributed by atoms with E-state index in [9.17, 15) is 13.6 Å². The van der Waals surface area contributed by atoms with E-state index in [1.165, 1.54) is 0 Å². The summed E-state index contributed by atoms with van der Waals surface area (Å²) in [5.74, 6) is -0.129. The van der Waals surface area contributed by atoms with Crippen molar-refractivity contribution in [2.75, 3.05) is 33.4 Å². The van der Waals surface area contributed by atoms with E-state index in [2.05, 4.69) is 15.4 Å². The fourth-order valence-electron chi connectivity index (χ4n) is 2.02. The van der Waals surface area contributed by atoms with Gasteiger partial charge in [0, 0.05) is 32.3 Å². The monoisotopic (exact) mass is 316 g/mol. The molecule has 1 aromatic carbocycles. The molecule has 0 aliphatic heterocycles. The molecule has 0 bridgehead atoms. The zero-order valence-corrected chi connectivity index (χ0v) is 13.0. The van der Waals surface area contributed by atoms with Crippen LogP contribution >= 0.6 is 0 Å². The van der Waals surface area contributed by atoms with Gasteiger partial charge in [0.05, 0.1) is 6.61 Å². The maximum Gasteiger partial charge on any atom is 0.387 e. The van der Waals surface area contributed by atoms with Crippen molar-refractivity contribution in [1.82, 2.24) is 10.6 Å². The van der Waals surface area contributed by atoms with Crippen molar-refractivity contribution in [3.63, 3.8) is 0 Å². The first-order valence-corrected chi connectivity index (χ1v) is 6.99. The zero-order valence-electron chi connectivity index (χ0n) is 13.0. The highest BCUT2D eigenvalue weighted by Crippen LogP contribution is 2.26. The number of amides is 1. The minimum Gasteiger partial charge on any atom is -0.434 e. The van der Waals surface area contributed by atoms with Crippen LogP contribution in [0.5, 0.6) is 5.75 Å². The van der Waals surface area contributed by atoms with Crippen LogP contribution in [0.4, 0.5) is 8.78 Å². The Morgan fingerprint density at radius 1 is 1.18 bits per heavy atom. The molecule has 124 valence electrons. The number of ether oxygens (including phenoxy) is 2. The molecular weight excluding hydrogens is 294 g/mol. The lowest BCUT2D eigenvalue weighted by Gasteiger charge is -2.13. The SMILES string of the molecule is COCCNCCNC(=O)c1cc(C)c(OC(F)F)c(C)c1. The smallest absolute Gasteiger partial charge is 0.387 e. The lowest BCUT2D eigenvalue weighted by Crippen LogP contribution is -2.33. The lowest BCUT2D eigenvalue weighted by molar-refractivity contribution is -0.0507. The van der Waals surface area contributed by atoms with Crippen molar-refractivity contribution in [3.8, 4) is 5.75 Å². The number of hydrogen-bond donors (Lipinski definition) is 2. The summed E-state index contributed by atoms with van der Waals surface area (Å²) < 4.78 is 34.0. The normalized spacial score (nSPS) is 10.8. The molecular formula is C15H22F2N2O3. The fraction of sp³-hybridized carbons (Fsp3) is 0.533. The third-order valence-corrected chi connectivity index (χ3v) is 3.00.